The van der Waals surface area contributed by atoms with Crippen LogP contribution >= 0.6 is 0 Å². The van der Waals surface area contributed by atoms with Gasteiger partial charge < -0.3 is 10.1 Å². The van der Waals surface area contributed by atoms with Gasteiger partial charge in [-0.1, -0.05) is 25.5 Å². The van der Waals surface area contributed by atoms with E-state index >= 15 is 0 Å². The Kier molecular flexibility index (Phi) is 7.60. The second-order valence-corrected chi connectivity index (χ2v) is 6.43. The van der Waals surface area contributed by atoms with Gasteiger partial charge in [-0.15, -0.1) is 0 Å². The van der Waals surface area contributed by atoms with Gasteiger partial charge in [0.2, 0.25) is 9.84 Å². The number of sulfone groups is 1. The number of halogens is 2. The number of hydrogen-bond acceptors (Lipinski definition) is 4. The molecule has 120 valence electrons. The Labute approximate surface area is 124 Å². The van der Waals surface area contributed by atoms with Gasteiger partial charge in [-0.25, -0.2) is 8.42 Å². The van der Waals surface area contributed by atoms with Gasteiger partial charge in [-0.2, -0.15) is 8.78 Å². The topological polar surface area (TPSA) is 55.4 Å². The molecule has 0 fully saturated rings. The van der Waals surface area contributed by atoms with Crippen LogP contribution in [-0.2, 0) is 14.6 Å². The fraction of sp³-hybridized carbons (Fsp3) is 0.571. The van der Waals surface area contributed by atoms with Crippen LogP contribution in [-0.4, -0.2) is 33.9 Å². The average molecular weight is 321 g/mol. The quantitative estimate of drug-likeness (QED) is 0.672. The van der Waals surface area contributed by atoms with Crippen molar-refractivity contribution in [3.8, 4) is 0 Å². The van der Waals surface area contributed by atoms with Crippen LogP contribution in [0.3, 0.4) is 0 Å². The summed E-state index contributed by atoms with van der Waals surface area (Å²) in [5.74, 6) is -3.42. The van der Waals surface area contributed by atoms with E-state index in [-0.39, 0.29) is 10.6 Å². The summed E-state index contributed by atoms with van der Waals surface area (Å²) in [7, 11) is -4.59. The van der Waals surface area contributed by atoms with Crippen LogP contribution in [0.15, 0.2) is 29.2 Å². The summed E-state index contributed by atoms with van der Waals surface area (Å²) in [5.41, 5.74) is 0.200. The Bertz CT molecular complexity index is 521. The minimum atomic E-state index is -4.59. The molecular formula is C14H21F2NO3S. The molecule has 7 heteroatoms. The molecule has 0 heterocycles. The van der Waals surface area contributed by atoms with Crippen molar-refractivity contribution in [3.63, 3.8) is 0 Å². The first kappa shape index (κ1) is 17.8. The van der Waals surface area contributed by atoms with Gasteiger partial charge in [0, 0.05) is 19.8 Å². The van der Waals surface area contributed by atoms with Crippen LogP contribution in [0.1, 0.15) is 26.2 Å². The minimum absolute atomic E-state index is 0.200. The van der Waals surface area contributed by atoms with Crippen molar-refractivity contribution in [2.24, 2.45) is 0 Å². The number of benzene rings is 1. The first-order valence-electron chi connectivity index (χ1n) is 6.92. The first-order chi connectivity index (χ1) is 10.00. The number of rotatable bonds is 10. The summed E-state index contributed by atoms with van der Waals surface area (Å²) >= 11 is 0. The van der Waals surface area contributed by atoms with Crippen molar-refractivity contribution in [3.05, 3.63) is 24.3 Å². The zero-order valence-corrected chi connectivity index (χ0v) is 12.8. The first-order valence-corrected chi connectivity index (χ1v) is 8.47. The zero-order chi connectivity index (χ0) is 15.7. The molecule has 0 spiro atoms. The van der Waals surface area contributed by atoms with Crippen molar-refractivity contribution < 1.29 is 21.9 Å². The number of nitrogens with one attached hydrogen (secondary N) is 1. The number of unbranched alkanes of at least 4 members (excludes halogenated alkanes) is 1. The van der Waals surface area contributed by atoms with Gasteiger partial charge in [0.1, 0.15) is 0 Å². The molecule has 21 heavy (non-hydrogen) atoms. The Morgan fingerprint density at radius 2 is 1.86 bits per heavy atom. The van der Waals surface area contributed by atoms with Crippen molar-refractivity contribution in [1.82, 2.24) is 0 Å². The van der Waals surface area contributed by atoms with Crippen molar-refractivity contribution in [1.29, 1.82) is 0 Å². The third-order valence-electron chi connectivity index (χ3n) is 2.85. The smallest absolute Gasteiger partial charge is 0.341 e. The summed E-state index contributed by atoms with van der Waals surface area (Å²) < 4.78 is 53.7. The Morgan fingerprint density at radius 3 is 2.52 bits per heavy atom. The molecular weight excluding hydrogens is 300 g/mol. The van der Waals surface area contributed by atoms with E-state index in [9.17, 15) is 17.2 Å². The molecule has 0 aliphatic carbocycles. The highest BCUT2D eigenvalue weighted by atomic mass is 32.2. The monoisotopic (exact) mass is 321 g/mol. The molecule has 0 bridgehead atoms. The molecule has 1 aromatic carbocycles. The lowest BCUT2D eigenvalue weighted by Crippen LogP contribution is -2.15. The van der Waals surface area contributed by atoms with E-state index in [0.29, 0.717) is 26.2 Å². The predicted molar refractivity (Wildman–Crippen MR) is 78.5 cm³/mol. The summed E-state index contributed by atoms with van der Waals surface area (Å²) in [6.07, 6.45) is 2.74. The molecule has 1 rings (SSSR count). The molecule has 0 saturated carbocycles. The van der Waals surface area contributed by atoms with E-state index in [1.54, 1.807) is 6.07 Å². The number of para-hydroxylation sites is 1. The number of ether oxygens (including phenoxy) is 1. The van der Waals surface area contributed by atoms with Gasteiger partial charge in [-0.3, -0.25) is 0 Å². The highest BCUT2D eigenvalue weighted by Gasteiger charge is 2.28. The highest BCUT2D eigenvalue weighted by molar-refractivity contribution is 7.91. The summed E-state index contributed by atoms with van der Waals surface area (Å²) in [5, 5.41) is 2.87. The molecule has 1 N–H and O–H groups in total. The predicted octanol–water partition coefficient (Wildman–Crippen LogP) is 3.30. The number of alkyl halides is 2. The largest absolute Gasteiger partial charge is 0.384 e. The van der Waals surface area contributed by atoms with E-state index in [1.165, 1.54) is 18.2 Å². The van der Waals surface area contributed by atoms with Crippen LogP contribution in [0.4, 0.5) is 14.5 Å². The molecule has 0 unspecified atom stereocenters. The molecule has 0 saturated heterocycles. The van der Waals surface area contributed by atoms with E-state index in [0.717, 1.165) is 12.8 Å². The Balaban J connectivity index is 2.53. The van der Waals surface area contributed by atoms with E-state index in [2.05, 4.69) is 12.2 Å². The van der Waals surface area contributed by atoms with Crippen LogP contribution < -0.4 is 5.32 Å². The van der Waals surface area contributed by atoms with Crippen LogP contribution in [0.25, 0.3) is 0 Å². The lowest BCUT2D eigenvalue weighted by Gasteiger charge is -2.12. The van der Waals surface area contributed by atoms with Gasteiger partial charge in [0.15, 0.2) is 0 Å². The van der Waals surface area contributed by atoms with E-state index < -0.39 is 15.6 Å². The maximum absolute atomic E-state index is 12.6. The fourth-order valence-electron chi connectivity index (χ4n) is 1.70. The normalized spacial score (nSPS) is 11.8. The third kappa shape index (κ3) is 5.59. The Hall–Kier alpha value is -1.21. The number of hydrogen-bond donors (Lipinski definition) is 1. The summed E-state index contributed by atoms with van der Waals surface area (Å²) in [4.78, 5) is -0.369. The van der Waals surface area contributed by atoms with Gasteiger partial charge >= 0.3 is 5.76 Å². The second-order valence-electron chi connectivity index (χ2n) is 4.55. The molecule has 0 aliphatic rings. The minimum Gasteiger partial charge on any atom is -0.384 e. The molecule has 4 nitrogen and oxygen atoms in total. The van der Waals surface area contributed by atoms with Gasteiger partial charge in [-0.05, 0) is 25.0 Å². The van der Waals surface area contributed by atoms with Crippen LogP contribution in [0, 0.1) is 0 Å². The van der Waals surface area contributed by atoms with Crippen molar-refractivity contribution >= 4 is 15.5 Å². The van der Waals surface area contributed by atoms with E-state index in [1.807, 2.05) is 0 Å². The second kappa shape index (κ2) is 8.94. The molecule has 0 radical (unpaired) electrons. The molecule has 0 atom stereocenters. The average Bonchev–Trinajstić information content (AvgIpc) is 2.46. The Morgan fingerprint density at radius 1 is 1.19 bits per heavy atom. The van der Waals surface area contributed by atoms with Crippen molar-refractivity contribution in [2.75, 3.05) is 25.1 Å². The summed E-state index contributed by atoms with van der Waals surface area (Å²) in [6.45, 7) is 3.79. The van der Waals surface area contributed by atoms with Gasteiger partial charge in [0.25, 0.3) is 0 Å². The van der Waals surface area contributed by atoms with Crippen LogP contribution in [0.2, 0.25) is 0 Å². The lowest BCUT2D eigenvalue weighted by molar-refractivity contribution is 0.131. The SMILES string of the molecule is CCCCOCCCNc1ccccc1S(=O)(=O)C(F)F. The highest BCUT2D eigenvalue weighted by Crippen LogP contribution is 2.25. The standard InChI is InChI=1S/C14H21F2NO3S/c1-2-3-10-20-11-6-9-17-12-7-4-5-8-13(12)21(18,19)14(15)16/h4-5,7-8,14,17H,2-3,6,9-11H2,1H3. The number of anilines is 1. The zero-order valence-electron chi connectivity index (χ0n) is 12.0. The molecule has 0 aromatic heterocycles. The third-order valence-corrected chi connectivity index (χ3v) is 4.29. The van der Waals surface area contributed by atoms with Crippen LogP contribution in [0.5, 0.6) is 0 Å². The maximum atomic E-state index is 12.6. The molecule has 1 aromatic rings. The lowest BCUT2D eigenvalue weighted by atomic mass is 10.3. The molecule has 0 aliphatic heterocycles. The molecule has 0 amide bonds. The maximum Gasteiger partial charge on any atom is 0.341 e. The summed E-state index contributed by atoms with van der Waals surface area (Å²) in [6, 6.07) is 5.69. The fourth-order valence-corrected chi connectivity index (χ4v) is 2.61. The van der Waals surface area contributed by atoms with Gasteiger partial charge in [0.05, 0.1) is 10.6 Å². The van der Waals surface area contributed by atoms with E-state index in [4.69, 9.17) is 4.74 Å². The van der Waals surface area contributed by atoms with Crippen molar-refractivity contribution in [2.45, 2.75) is 36.8 Å².